The first-order valence-corrected chi connectivity index (χ1v) is 13.0. The minimum atomic E-state index is -1.15. The van der Waals surface area contributed by atoms with Crippen LogP contribution in [0.2, 0.25) is 0 Å². The Morgan fingerprint density at radius 1 is 1.00 bits per heavy atom. The number of benzene rings is 3. The van der Waals surface area contributed by atoms with Crippen molar-refractivity contribution in [1.29, 1.82) is 0 Å². The molecular weight excluding hydrogens is 536 g/mol. The molecule has 42 heavy (non-hydrogen) atoms. The van der Waals surface area contributed by atoms with E-state index in [2.05, 4.69) is 9.99 Å². The number of pyridine rings is 1. The number of allylic oxidation sites excluding steroid dienone is 1. The number of nitrogens with zero attached hydrogens (tertiary/aromatic N) is 4. The molecule has 2 heterocycles. The van der Waals surface area contributed by atoms with E-state index in [-0.39, 0.29) is 34.1 Å². The van der Waals surface area contributed by atoms with E-state index in [0.29, 0.717) is 16.8 Å². The number of carbonyl (C=O) groups is 2. The summed E-state index contributed by atoms with van der Waals surface area (Å²) in [5.74, 6) is -1.58. The van der Waals surface area contributed by atoms with E-state index >= 15 is 0 Å². The molecule has 0 saturated carbocycles. The zero-order chi connectivity index (χ0) is 30.0. The van der Waals surface area contributed by atoms with Crippen LogP contribution in [0.3, 0.4) is 0 Å². The normalized spacial score (nSPS) is 13.0. The molecule has 3 aromatic carbocycles. The van der Waals surface area contributed by atoms with Crippen molar-refractivity contribution >= 4 is 35.4 Å². The third-order valence-corrected chi connectivity index (χ3v) is 6.97. The van der Waals surface area contributed by atoms with Gasteiger partial charge in [0.05, 0.1) is 22.5 Å². The van der Waals surface area contributed by atoms with Crippen LogP contribution in [0.1, 0.15) is 37.4 Å². The molecule has 0 atom stereocenters. The Morgan fingerprint density at radius 3 is 2.36 bits per heavy atom. The number of anilines is 2. The van der Waals surface area contributed by atoms with Gasteiger partial charge in [0.2, 0.25) is 0 Å². The van der Waals surface area contributed by atoms with Gasteiger partial charge >= 0.3 is 5.97 Å². The van der Waals surface area contributed by atoms with Crippen LogP contribution in [0.15, 0.2) is 88.8 Å². The summed E-state index contributed by atoms with van der Waals surface area (Å²) < 4.78 is 1.27. The summed E-state index contributed by atoms with van der Waals surface area (Å²) in [6.07, 6.45) is 5.25. The van der Waals surface area contributed by atoms with Gasteiger partial charge in [-0.1, -0.05) is 42.5 Å². The zero-order valence-electron chi connectivity index (χ0n) is 23.2. The standard InChI is InChI=1S/C32H28N4O6/c1-20-27(9-4-6-21-10-14-24(15-11-21)34(2)3)30(37)35(26-8-5-7-23(18-26)32(39)40)29-28(20)31(38)36(33-29)25-16-12-22(13-17-25)19-42-41/h4-18,41H,19H2,1-3H3,(H,39,40)/b6-4+,27-9+. The molecule has 1 aromatic heterocycles. The Labute approximate surface area is 240 Å². The minimum Gasteiger partial charge on any atom is -0.478 e. The summed E-state index contributed by atoms with van der Waals surface area (Å²) in [7, 11) is 3.92. The highest BCUT2D eigenvalue weighted by Crippen LogP contribution is 2.22. The summed E-state index contributed by atoms with van der Waals surface area (Å²) in [6.45, 7) is 1.68. The number of carboxylic acids is 1. The maximum absolute atomic E-state index is 14.0. The first-order chi connectivity index (χ1) is 20.2. The summed E-state index contributed by atoms with van der Waals surface area (Å²) in [5.41, 5.74) is 3.71. The third-order valence-electron chi connectivity index (χ3n) is 6.97. The lowest BCUT2D eigenvalue weighted by Crippen LogP contribution is -2.45. The molecule has 1 amide bonds. The molecule has 0 saturated heterocycles. The number of hydrogen-bond donors (Lipinski definition) is 2. The number of amides is 1. The Hall–Kier alpha value is -5.32. The molecule has 0 radical (unpaired) electrons. The molecule has 10 heteroatoms. The van der Waals surface area contributed by atoms with Crippen molar-refractivity contribution in [3.8, 4) is 5.69 Å². The van der Waals surface area contributed by atoms with Crippen molar-refractivity contribution < 1.29 is 24.8 Å². The van der Waals surface area contributed by atoms with Crippen LogP contribution in [0.25, 0.3) is 17.8 Å². The summed E-state index contributed by atoms with van der Waals surface area (Å²) in [4.78, 5) is 45.6. The summed E-state index contributed by atoms with van der Waals surface area (Å²) >= 11 is 0. The van der Waals surface area contributed by atoms with Gasteiger partial charge in [-0.15, -0.1) is 5.10 Å². The molecule has 0 aliphatic carbocycles. The van der Waals surface area contributed by atoms with E-state index in [0.717, 1.165) is 11.3 Å². The number of rotatable bonds is 8. The van der Waals surface area contributed by atoms with Crippen LogP contribution in [0, 0.1) is 6.92 Å². The van der Waals surface area contributed by atoms with Crippen molar-refractivity contribution in [2.45, 2.75) is 13.5 Å². The summed E-state index contributed by atoms with van der Waals surface area (Å²) in [6, 6.07) is 20.5. The van der Waals surface area contributed by atoms with Crippen molar-refractivity contribution in [2.75, 3.05) is 24.0 Å². The van der Waals surface area contributed by atoms with Crippen molar-refractivity contribution in [2.24, 2.45) is 5.10 Å². The van der Waals surface area contributed by atoms with Crippen molar-refractivity contribution in [3.63, 3.8) is 0 Å². The van der Waals surface area contributed by atoms with Gasteiger partial charge in [-0.25, -0.2) is 9.68 Å². The van der Waals surface area contributed by atoms with Gasteiger partial charge in [-0.3, -0.25) is 19.4 Å². The van der Waals surface area contributed by atoms with Crippen LogP contribution in [-0.2, 0) is 11.5 Å². The van der Waals surface area contributed by atoms with Crippen LogP contribution in [0.5, 0.6) is 0 Å². The highest BCUT2D eigenvalue weighted by atomic mass is 17.1. The zero-order valence-corrected chi connectivity index (χ0v) is 23.2. The molecule has 1 aliphatic rings. The van der Waals surface area contributed by atoms with Gasteiger partial charge < -0.3 is 10.0 Å². The fourth-order valence-electron chi connectivity index (χ4n) is 4.72. The van der Waals surface area contributed by atoms with Gasteiger partial charge in [0.15, 0.2) is 5.49 Å². The molecule has 0 unspecified atom stereocenters. The highest BCUT2D eigenvalue weighted by molar-refractivity contribution is 6.08. The predicted octanol–water partition coefficient (Wildman–Crippen LogP) is 3.59. The number of carboxylic acid groups (broad SMARTS) is 1. The second kappa shape index (κ2) is 11.7. The number of fused-ring (bicyclic) bond motifs is 1. The average molecular weight is 565 g/mol. The molecule has 0 bridgehead atoms. The van der Waals surface area contributed by atoms with Crippen molar-refractivity contribution in [3.05, 3.63) is 128 Å². The second-order valence-corrected chi connectivity index (χ2v) is 9.90. The van der Waals surface area contributed by atoms with E-state index in [1.54, 1.807) is 49.4 Å². The minimum absolute atomic E-state index is 0.0109. The Balaban J connectivity index is 1.68. The number of carbonyl (C=O) groups excluding carboxylic acids is 1. The largest absolute Gasteiger partial charge is 0.478 e. The molecule has 1 aliphatic heterocycles. The number of aromatic carboxylic acids is 1. The first-order valence-electron chi connectivity index (χ1n) is 13.0. The van der Waals surface area contributed by atoms with Crippen molar-refractivity contribution in [1.82, 2.24) is 4.57 Å². The average Bonchev–Trinajstić information content (AvgIpc) is 3.32. The summed E-state index contributed by atoms with van der Waals surface area (Å²) in [5, 5.41) is 24.3. The van der Waals surface area contributed by atoms with Crippen LogP contribution in [0.4, 0.5) is 11.4 Å². The van der Waals surface area contributed by atoms with Gasteiger partial charge in [0.25, 0.3) is 11.5 Å². The molecule has 4 aromatic rings. The Morgan fingerprint density at radius 2 is 1.71 bits per heavy atom. The van der Waals surface area contributed by atoms with Gasteiger partial charge in [0.1, 0.15) is 6.61 Å². The molecule has 0 spiro atoms. The topological polar surface area (TPSA) is 125 Å². The Bertz CT molecular complexity index is 1890. The van der Waals surface area contributed by atoms with E-state index in [9.17, 15) is 19.5 Å². The van der Waals surface area contributed by atoms with Crippen LogP contribution >= 0.6 is 0 Å². The SMILES string of the molecule is Cc1c2c(n(-c3cccc(C(=O)O)c3)c(=O)/c1=C/C=C/c1ccc(N(C)C)cc1)=NN(c1ccc(COO)cc1)C2=O. The van der Waals surface area contributed by atoms with E-state index in [1.165, 1.54) is 27.8 Å². The quantitative estimate of drug-likeness (QED) is 0.248. The maximum atomic E-state index is 14.0. The lowest BCUT2D eigenvalue weighted by Gasteiger charge is -2.12. The molecule has 212 valence electrons. The monoisotopic (exact) mass is 564 g/mol. The lowest BCUT2D eigenvalue weighted by molar-refractivity contribution is -0.253. The van der Waals surface area contributed by atoms with E-state index in [1.807, 2.05) is 49.3 Å². The maximum Gasteiger partial charge on any atom is 0.335 e. The first kappa shape index (κ1) is 28.2. The molecule has 10 nitrogen and oxygen atoms in total. The smallest absolute Gasteiger partial charge is 0.335 e. The second-order valence-electron chi connectivity index (χ2n) is 9.90. The number of hydrogen-bond acceptors (Lipinski definition) is 7. The molecule has 0 fully saturated rings. The van der Waals surface area contributed by atoms with Gasteiger partial charge in [-0.2, -0.15) is 5.01 Å². The number of aromatic nitrogens is 1. The van der Waals surface area contributed by atoms with Crippen LogP contribution in [-0.4, -0.2) is 40.9 Å². The molecular formula is C32H28N4O6. The lowest BCUT2D eigenvalue weighted by atomic mass is 10.1. The fraction of sp³-hybridized carbons (Fsp3) is 0.125. The highest BCUT2D eigenvalue weighted by Gasteiger charge is 2.31. The predicted molar refractivity (Wildman–Crippen MR) is 159 cm³/mol. The third kappa shape index (κ3) is 5.36. The molecule has 5 rings (SSSR count). The van der Waals surface area contributed by atoms with E-state index in [4.69, 9.17) is 5.26 Å². The van der Waals surface area contributed by atoms with Crippen LogP contribution < -0.4 is 26.2 Å². The Kier molecular flexibility index (Phi) is 7.83. The fourth-order valence-corrected chi connectivity index (χ4v) is 4.72. The van der Waals surface area contributed by atoms with E-state index < -0.39 is 17.4 Å². The van der Waals surface area contributed by atoms with Gasteiger partial charge in [-0.05, 0) is 72.2 Å². The molecule has 2 N–H and O–H groups in total. The van der Waals surface area contributed by atoms with Gasteiger partial charge in [0, 0.05) is 25.0 Å².